The number of carboxylic acid groups (broad SMARTS) is 1. The lowest BCUT2D eigenvalue weighted by Crippen LogP contribution is -2.06. The molecule has 0 aliphatic heterocycles. The van der Waals surface area contributed by atoms with E-state index < -0.39 is 11.8 Å². The number of hydrogen-bond acceptors (Lipinski definition) is 2. The number of halogens is 1. The number of nitrogens with one attached hydrogen (secondary N) is 1. The second-order valence-corrected chi connectivity index (χ2v) is 3.82. The van der Waals surface area contributed by atoms with Gasteiger partial charge < -0.3 is 10.4 Å². The Labute approximate surface area is 86.9 Å². The first kappa shape index (κ1) is 9.96. The molecule has 0 aromatic heterocycles. The molecule has 2 N–H and O–H groups in total. The first-order chi connectivity index (χ1) is 7.16. The summed E-state index contributed by atoms with van der Waals surface area (Å²) >= 11 is 0. The molecular formula is C11H12FNO2. The molecule has 0 radical (unpaired) electrons. The predicted molar refractivity (Wildman–Crippen MR) is 54.6 cm³/mol. The Bertz CT molecular complexity index is 388. The maximum Gasteiger partial charge on any atom is 0.338 e. The van der Waals surface area contributed by atoms with Gasteiger partial charge >= 0.3 is 5.97 Å². The molecule has 1 aromatic rings. The Kier molecular flexibility index (Phi) is 2.58. The molecule has 4 heteroatoms. The normalized spacial score (nSPS) is 15.0. The van der Waals surface area contributed by atoms with Gasteiger partial charge in [0.15, 0.2) is 0 Å². The van der Waals surface area contributed by atoms with Crippen LogP contribution in [0, 0.1) is 11.7 Å². The molecule has 0 spiro atoms. The molecule has 80 valence electrons. The SMILES string of the molecule is O=C(O)c1cc(NCC2CC2)ccc1F. The predicted octanol–water partition coefficient (Wildman–Crippen LogP) is 2.35. The van der Waals surface area contributed by atoms with Gasteiger partial charge in [0.25, 0.3) is 0 Å². The van der Waals surface area contributed by atoms with Crippen LogP contribution in [-0.2, 0) is 0 Å². The van der Waals surface area contributed by atoms with E-state index in [0.29, 0.717) is 11.6 Å². The van der Waals surface area contributed by atoms with Crippen LogP contribution in [0.5, 0.6) is 0 Å². The molecule has 3 nitrogen and oxygen atoms in total. The van der Waals surface area contributed by atoms with Crippen LogP contribution in [0.25, 0.3) is 0 Å². The van der Waals surface area contributed by atoms with E-state index in [1.54, 1.807) is 6.07 Å². The monoisotopic (exact) mass is 209 g/mol. The summed E-state index contributed by atoms with van der Waals surface area (Å²) in [4.78, 5) is 10.7. The summed E-state index contributed by atoms with van der Waals surface area (Å²) in [5, 5.41) is 11.8. The molecule has 1 saturated carbocycles. The molecule has 15 heavy (non-hydrogen) atoms. The summed E-state index contributed by atoms with van der Waals surface area (Å²) in [6.45, 7) is 0.838. The van der Waals surface area contributed by atoms with Gasteiger partial charge in [0.05, 0.1) is 5.56 Å². The minimum atomic E-state index is -1.23. The highest BCUT2D eigenvalue weighted by Gasteiger charge is 2.20. The molecular weight excluding hydrogens is 197 g/mol. The smallest absolute Gasteiger partial charge is 0.338 e. The van der Waals surface area contributed by atoms with Gasteiger partial charge in [-0.15, -0.1) is 0 Å². The Hall–Kier alpha value is -1.58. The second kappa shape index (κ2) is 3.88. The summed E-state index contributed by atoms with van der Waals surface area (Å²) in [5.41, 5.74) is 0.386. The van der Waals surface area contributed by atoms with Gasteiger partial charge in [0.2, 0.25) is 0 Å². The van der Waals surface area contributed by atoms with Crippen LogP contribution in [0.4, 0.5) is 10.1 Å². The number of aromatic carboxylic acids is 1. The Balaban J connectivity index is 2.10. The zero-order valence-corrected chi connectivity index (χ0v) is 8.16. The third kappa shape index (κ3) is 2.46. The molecule has 1 aliphatic rings. The van der Waals surface area contributed by atoms with Crippen molar-refractivity contribution in [3.05, 3.63) is 29.6 Å². The summed E-state index contributed by atoms with van der Waals surface area (Å²) in [5.74, 6) is -1.23. The van der Waals surface area contributed by atoms with Crippen molar-refractivity contribution in [2.75, 3.05) is 11.9 Å². The highest BCUT2D eigenvalue weighted by atomic mass is 19.1. The fourth-order valence-electron chi connectivity index (χ4n) is 1.38. The molecule has 0 heterocycles. The first-order valence-corrected chi connectivity index (χ1v) is 4.93. The number of carbonyl (C=O) groups is 1. The Morgan fingerprint density at radius 1 is 1.53 bits per heavy atom. The highest BCUT2D eigenvalue weighted by Crippen LogP contribution is 2.29. The van der Waals surface area contributed by atoms with Crippen molar-refractivity contribution in [2.24, 2.45) is 5.92 Å². The number of hydrogen-bond donors (Lipinski definition) is 2. The molecule has 2 rings (SSSR count). The molecule has 0 saturated heterocycles. The van der Waals surface area contributed by atoms with E-state index in [-0.39, 0.29) is 5.56 Å². The lowest BCUT2D eigenvalue weighted by Gasteiger charge is -2.06. The molecule has 0 unspecified atom stereocenters. The second-order valence-electron chi connectivity index (χ2n) is 3.82. The van der Waals surface area contributed by atoms with Crippen LogP contribution in [0.1, 0.15) is 23.2 Å². The van der Waals surface area contributed by atoms with Gasteiger partial charge in [-0.1, -0.05) is 0 Å². The van der Waals surface area contributed by atoms with Crippen LogP contribution in [0.3, 0.4) is 0 Å². The molecule has 0 bridgehead atoms. The van der Waals surface area contributed by atoms with Crippen molar-refractivity contribution in [2.45, 2.75) is 12.8 Å². The lowest BCUT2D eigenvalue weighted by molar-refractivity contribution is 0.0692. The minimum absolute atomic E-state index is 0.282. The molecule has 1 aromatic carbocycles. The van der Waals surface area contributed by atoms with Gasteiger partial charge in [-0.3, -0.25) is 0 Å². The van der Waals surface area contributed by atoms with E-state index in [2.05, 4.69) is 5.32 Å². The zero-order valence-electron chi connectivity index (χ0n) is 8.16. The van der Waals surface area contributed by atoms with E-state index in [4.69, 9.17) is 5.11 Å². The standard InChI is InChI=1S/C11H12FNO2/c12-10-4-3-8(5-9(10)11(14)15)13-6-7-1-2-7/h3-5,7,13H,1-2,6H2,(H,14,15). The van der Waals surface area contributed by atoms with Crippen molar-refractivity contribution in [1.82, 2.24) is 0 Å². The fraction of sp³-hybridized carbons (Fsp3) is 0.364. The minimum Gasteiger partial charge on any atom is -0.478 e. The molecule has 0 atom stereocenters. The summed E-state index contributed by atoms with van der Waals surface area (Å²) in [7, 11) is 0. The van der Waals surface area contributed by atoms with E-state index >= 15 is 0 Å². The van der Waals surface area contributed by atoms with Crippen LogP contribution in [0.2, 0.25) is 0 Å². The summed E-state index contributed by atoms with van der Waals surface area (Å²) in [6, 6.07) is 4.07. The van der Waals surface area contributed by atoms with Gasteiger partial charge in [-0.2, -0.15) is 0 Å². The maximum atomic E-state index is 13.0. The van der Waals surface area contributed by atoms with E-state index in [9.17, 15) is 9.18 Å². The van der Waals surface area contributed by atoms with Gasteiger partial charge in [-0.25, -0.2) is 9.18 Å². The zero-order chi connectivity index (χ0) is 10.8. The lowest BCUT2D eigenvalue weighted by atomic mass is 10.2. The largest absolute Gasteiger partial charge is 0.478 e. The molecule has 1 aliphatic carbocycles. The Morgan fingerprint density at radius 2 is 2.27 bits per heavy atom. The van der Waals surface area contributed by atoms with Gasteiger partial charge in [0.1, 0.15) is 5.82 Å². The van der Waals surface area contributed by atoms with Crippen LogP contribution in [0.15, 0.2) is 18.2 Å². The van der Waals surface area contributed by atoms with E-state index in [1.807, 2.05) is 0 Å². The van der Waals surface area contributed by atoms with Crippen molar-refractivity contribution >= 4 is 11.7 Å². The molecule has 0 amide bonds. The fourth-order valence-corrected chi connectivity index (χ4v) is 1.38. The van der Waals surface area contributed by atoms with Crippen LogP contribution in [-0.4, -0.2) is 17.6 Å². The average Bonchev–Trinajstić information content (AvgIpc) is 3.00. The number of anilines is 1. The van der Waals surface area contributed by atoms with Crippen molar-refractivity contribution in [3.63, 3.8) is 0 Å². The third-order valence-electron chi connectivity index (χ3n) is 2.49. The van der Waals surface area contributed by atoms with E-state index in [1.165, 1.54) is 25.0 Å². The van der Waals surface area contributed by atoms with Crippen molar-refractivity contribution in [1.29, 1.82) is 0 Å². The van der Waals surface area contributed by atoms with Crippen molar-refractivity contribution in [3.8, 4) is 0 Å². The summed E-state index contributed by atoms with van der Waals surface area (Å²) in [6.07, 6.45) is 2.44. The highest BCUT2D eigenvalue weighted by molar-refractivity contribution is 5.89. The maximum absolute atomic E-state index is 13.0. The third-order valence-corrected chi connectivity index (χ3v) is 2.49. The molecule has 1 fully saturated rings. The quantitative estimate of drug-likeness (QED) is 0.800. The topological polar surface area (TPSA) is 49.3 Å². The van der Waals surface area contributed by atoms with Crippen LogP contribution >= 0.6 is 0 Å². The number of rotatable bonds is 4. The van der Waals surface area contributed by atoms with Crippen LogP contribution < -0.4 is 5.32 Å². The first-order valence-electron chi connectivity index (χ1n) is 4.93. The average molecular weight is 209 g/mol. The summed E-state index contributed by atoms with van der Waals surface area (Å²) < 4.78 is 13.0. The van der Waals surface area contributed by atoms with Gasteiger partial charge in [0, 0.05) is 12.2 Å². The number of carboxylic acids is 1. The van der Waals surface area contributed by atoms with E-state index in [0.717, 1.165) is 6.54 Å². The Morgan fingerprint density at radius 3 is 2.87 bits per heavy atom. The van der Waals surface area contributed by atoms with Gasteiger partial charge in [-0.05, 0) is 37.0 Å². The number of benzene rings is 1. The van der Waals surface area contributed by atoms with Crippen molar-refractivity contribution < 1.29 is 14.3 Å².